The predicted molar refractivity (Wildman–Crippen MR) is 77.4 cm³/mol. The molecule has 4 heteroatoms. The zero-order valence-electron chi connectivity index (χ0n) is 12.1. The molecule has 0 aliphatic carbocycles. The number of benzene rings is 1. The Labute approximate surface area is 120 Å². The highest BCUT2D eigenvalue weighted by molar-refractivity contribution is 5.23. The van der Waals surface area contributed by atoms with Crippen molar-refractivity contribution in [2.75, 3.05) is 13.1 Å². The van der Waals surface area contributed by atoms with Gasteiger partial charge in [-0.15, -0.1) is 0 Å². The highest BCUT2D eigenvalue weighted by atomic mass is 19.1. The summed E-state index contributed by atoms with van der Waals surface area (Å²) in [5, 5.41) is 0. The van der Waals surface area contributed by atoms with Crippen LogP contribution in [0, 0.1) is 11.6 Å². The maximum atomic E-state index is 14.1. The SMILES string of the molecule is CCC1CCCCCN1C(CN)c1ccc(F)cc1F. The Morgan fingerprint density at radius 3 is 2.75 bits per heavy atom. The largest absolute Gasteiger partial charge is 0.329 e. The molecule has 1 aromatic carbocycles. The molecule has 2 N–H and O–H groups in total. The fourth-order valence-corrected chi connectivity index (χ4v) is 3.26. The molecule has 0 radical (unpaired) electrons. The van der Waals surface area contributed by atoms with Crippen molar-refractivity contribution in [3.63, 3.8) is 0 Å². The van der Waals surface area contributed by atoms with Gasteiger partial charge in [0, 0.05) is 24.2 Å². The van der Waals surface area contributed by atoms with Crippen molar-refractivity contribution in [2.45, 2.75) is 51.1 Å². The molecule has 1 aromatic rings. The van der Waals surface area contributed by atoms with E-state index in [1.807, 2.05) is 0 Å². The van der Waals surface area contributed by atoms with Gasteiger partial charge in [-0.05, 0) is 31.9 Å². The van der Waals surface area contributed by atoms with Gasteiger partial charge >= 0.3 is 0 Å². The molecule has 0 amide bonds. The van der Waals surface area contributed by atoms with Crippen LogP contribution in [0.2, 0.25) is 0 Å². The Balaban J connectivity index is 2.29. The van der Waals surface area contributed by atoms with Crippen molar-refractivity contribution in [3.8, 4) is 0 Å². The first-order chi connectivity index (χ1) is 9.67. The molecule has 0 bridgehead atoms. The third-order valence-corrected chi connectivity index (χ3v) is 4.34. The molecule has 1 saturated heterocycles. The van der Waals surface area contributed by atoms with Crippen LogP contribution in [0.25, 0.3) is 0 Å². The Morgan fingerprint density at radius 1 is 1.30 bits per heavy atom. The number of likely N-dealkylation sites (tertiary alicyclic amines) is 1. The minimum Gasteiger partial charge on any atom is -0.329 e. The summed E-state index contributed by atoms with van der Waals surface area (Å²) in [7, 11) is 0. The Bertz CT molecular complexity index is 436. The summed E-state index contributed by atoms with van der Waals surface area (Å²) >= 11 is 0. The zero-order chi connectivity index (χ0) is 14.5. The van der Waals surface area contributed by atoms with Gasteiger partial charge in [-0.25, -0.2) is 8.78 Å². The molecule has 2 unspecified atom stereocenters. The Hall–Kier alpha value is -1.00. The fraction of sp³-hybridized carbons (Fsp3) is 0.625. The van der Waals surface area contributed by atoms with Crippen LogP contribution in [-0.2, 0) is 0 Å². The van der Waals surface area contributed by atoms with Gasteiger partial charge in [0.2, 0.25) is 0 Å². The van der Waals surface area contributed by atoms with Gasteiger partial charge in [-0.1, -0.05) is 25.8 Å². The molecule has 0 spiro atoms. The highest BCUT2D eigenvalue weighted by Gasteiger charge is 2.28. The molecule has 20 heavy (non-hydrogen) atoms. The normalized spacial score (nSPS) is 22.5. The quantitative estimate of drug-likeness (QED) is 0.914. The minimum absolute atomic E-state index is 0.154. The summed E-state index contributed by atoms with van der Waals surface area (Å²) in [6, 6.07) is 4.10. The molecular weight excluding hydrogens is 258 g/mol. The van der Waals surface area contributed by atoms with Crippen LogP contribution in [0.15, 0.2) is 18.2 Å². The lowest BCUT2D eigenvalue weighted by Gasteiger charge is -2.36. The monoisotopic (exact) mass is 282 g/mol. The van der Waals surface area contributed by atoms with Crippen molar-refractivity contribution in [3.05, 3.63) is 35.4 Å². The number of hydrogen-bond acceptors (Lipinski definition) is 2. The number of hydrogen-bond donors (Lipinski definition) is 1. The molecule has 1 fully saturated rings. The average molecular weight is 282 g/mol. The number of nitrogens with zero attached hydrogens (tertiary/aromatic N) is 1. The predicted octanol–water partition coefficient (Wildman–Crippen LogP) is 3.62. The van der Waals surface area contributed by atoms with E-state index in [0.29, 0.717) is 18.2 Å². The molecule has 1 aliphatic heterocycles. The molecule has 1 aliphatic rings. The van der Waals surface area contributed by atoms with Gasteiger partial charge in [0.25, 0.3) is 0 Å². The van der Waals surface area contributed by atoms with Crippen LogP contribution >= 0.6 is 0 Å². The van der Waals surface area contributed by atoms with Crippen molar-refractivity contribution in [2.24, 2.45) is 5.73 Å². The smallest absolute Gasteiger partial charge is 0.130 e. The van der Waals surface area contributed by atoms with E-state index in [2.05, 4.69) is 11.8 Å². The molecule has 0 saturated carbocycles. The summed E-state index contributed by atoms with van der Waals surface area (Å²) < 4.78 is 27.1. The van der Waals surface area contributed by atoms with E-state index >= 15 is 0 Å². The summed E-state index contributed by atoms with van der Waals surface area (Å²) in [6.45, 7) is 3.47. The summed E-state index contributed by atoms with van der Waals surface area (Å²) in [6.07, 6.45) is 5.74. The summed E-state index contributed by atoms with van der Waals surface area (Å²) in [5.41, 5.74) is 6.43. The lowest BCUT2D eigenvalue weighted by atomic mass is 10.00. The molecular formula is C16H24F2N2. The molecule has 2 nitrogen and oxygen atoms in total. The first kappa shape index (κ1) is 15.4. The lowest BCUT2D eigenvalue weighted by molar-refractivity contribution is 0.133. The number of nitrogens with two attached hydrogens (primary N) is 1. The second-order valence-corrected chi connectivity index (χ2v) is 5.57. The van der Waals surface area contributed by atoms with Gasteiger partial charge in [0.15, 0.2) is 0 Å². The Morgan fingerprint density at radius 2 is 2.10 bits per heavy atom. The zero-order valence-corrected chi connectivity index (χ0v) is 12.1. The molecule has 1 heterocycles. The van der Waals surface area contributed by atoms with Crippen LogP contribution in [-0.4, -0.2) is 24.0 Å². The van der Waals surface area contributed by atoms with E-state index in [1.165, 1.54) is 18.9 Å². The average Bonchev–Trinajstić information content (AvgIpc) is 2.67. The Kier molecular flexibility index (Phi) is 5.49. The second-order valence-electron chi connectivity index (χ2n) is 5.57. The van der Waals surface area contributed by atoms with Gasteiger partial charge < -0.3 is 5.73 Å². The number of halogens is 2. The lowest BCUT2D eigenvalue weighted by Crippen LogP contribution is -2.41. The standard InChI is InChI=1S/C16H24F2N2/c1-2-13-6-4-3-5-9-20(13)16(11-19)14-8-7-12(17)10-15(14)18/h7-8,10,13,16H,2-6,9,11,19H2,1H3. The first-order valence-electron chi connectivity index (χ1n) is 7.58. The molecule has 2 atom stereocenters. The van der Waals surface area contributed by atoms with E-state index in [0.717, 1.165) is 31.9 Å². The summed E-state index contributed by atoms with van der Waals surface area (Å²) in [4.78, 5) is 2.32. The van der Waals surface area contributed by atoms with E-state index in [4.69, 9.17) is 5.73 Å². The minimum atomic E-state index is -0.537. The maximum Gasteiger partial charge on any atom is 0.130 e. The third kappa shape index (κ3) is 3.36. The van der Waals surface area contributed by atoms with Crippen LogP contribution in [0.5, 0.6) is 0 Å². The van der Waals surface area contributed by atoms with Crippen LogP contribution in [0.1, 0.15) is 50.6 Å². The maximum absolute atomic E-state index is 14.1. The van der Waals surface area contributed by atoms with Crippen LogP contribution in [0.4, 0.5) is 8.78 Å². The molecule has 112 valence electrons. The van der Waals surface area contributed by atoms with Crippen molar-refractivity contribution in [1.82, 2.24) is 4.90 Å². The second kappa shape index (κ2) is 7.14. The topological polar surface area (TPSA) is 29.3 Å². The molecule has 2 rings (SSSR count). The van der Waals surface area contributed by atoms with E-state index in [1.54, 1.807) is 6.07 Å². The highest BCUT2D eigenvalue weighted by Crippen LogP contribution is 2.30. The van der Waals surface area contributed by atoms with E-state index in [9.17, 15) is 8.78 Å². The van der Waals surface area contributed by atoms with Crippen molar-refractivity contribution < 1.29 is 8.78 Å². The van der Waals surface area contributed by atoms with Gasteiger partial charge in [0.05, 0.1) is 6.04 Å². The van der Waals surface area contributed by atoms with E-state index < -0.39 is 11.6 Å². The summed E-state index contributed by atoms with van der Waals surface area (Å²) in [5.74, 6) is -1.02. The van der Waals surface area contributed by atoms with Gasteiger partial charge in [-0.3, -0.25) is 4.90 Å². The fourth-order valence-electron chi connectivity index (χ4n) is 3.26. The molecule has 0 aromatic heterocycles. The van der Waals surface area contributed by atoms with E-state index in [-0.39, 0.29) is 6.04 Å². The van der Waals surface area contributed by atoms with Crippen LogP contribution < -0.4 is 5.73 Å². The number of rotatable bonds is 4. The van der Waals surface area contributed by atoms with Gasteiger partial charge in [0.1, 0.15) is 11.6 Å². The third-order valence-electron chi connectivity index (χ3n) is 4.34. The van der Waals surface area contributed by atoms with Crippen molar-refractivity contribution >= 4 is 0 Å². The first-order valence-corrected chi connectivity index (χ1v) is 7.58. The van der Waals surface area contributed by atoms with Gasteiger partial charge in [-0.2, -0.15) is 0 Å². The van der Waals surface area contributed by atoms with Crippen LogP contribution in [0.3, 0.4) is 0 Å². The van der Waals surface area contributed by atoms with Crippen molar-refractivity contribution in [1.29, 1.82) is 0 Å².